The van der Waals surface area contributed by atoms with Crippen molar-refractivity contribution in [3.63, 3.8) is 0 Å². The molecule has 1 aromatic carbocycles. The molecule has 0 heterocycles. The van der Waals surface area contributed by atoms with E-state index in [2.05, 4.69) is 5.32 Å². The average molecular weight is 260 g/mol. The van der Waals surface area contributed by atoms with E-state index in [9.17, 15) is 14.9 Å². The summed E-state index contributed by atoms with van der Waals surface area (Å²) < 4.78 is 0. The van der Waals surface area contributed by atoms with Gasteiger partial charge in [0, 0.05) is 29.6 Å². The molecule has 7 heteroatoms. The van der Waals surface area contributed by atoms with Crippen LogP contribution in [0.4, 0.5) is 5.69 Å². The van der Waals surface area contributed by atoms with Crippen LogP contribution in [-0.2, 0) is 6.42 Å². The highest BCUT2D eigenvalue weighted by molar-refractivity contribution is 5.93. The molecule has 0 atom stereocenters. The van der Waals surface area contributed by atoms with Gasteiger partial charge >= 0.3 is 0 Å². The molecule has 1 amide bonds. The lowest BCUT2D eigenvalue weighted by Gasteiger charge is -2.08. The van der Waals surface area contributed by atoms with Crippen LogP contribution in [0.1, 0.15) is 15.9 Å². The van der Waals surface area contributed by atoms with Crippen LogP contribution >= 0.6 is 12.4 Å². The molecule has 0 radical (unpaired) electrons. The highest BCUT2D eigenvalue weighted by atomic mass is 35.5. The van der Waals surface area contributed by atoms with Gasteiger partial charge in [0.25, 0.3) is 0 Å². The molecule has 3 N–H and O–H groups in total. The Labute approximate surface area is 105 Å². The van der Waals surface area contributed by atoms with Crippen LogP contribution < -0.4 is 11.1 Å². The van der Waals surface area contributed by atoms with Crippen LogP contribution in [0, 0.1) is 10.1 Å². The molecule has 17 heavy (non-hydrogen) atoms. The lowest BCUT2D eigenvalue weighted by atomic mass is 10.1. The van der Waals surface area contributed by atoms with E-state index in [-0.39, 0.29) is 25.4 Å². The van der Waals surface area contributed by atoms with E-state index in [1.807, 2.05) is 0 Å². The summed E-state index contributed by atoms with van der Waals surface area (Å²) in [7, 11) is 1.72. The number of nitrogens with one attached hydrogen (secondary N) is 1. The zero-order valence-corrected chi connectivity index (χ0v) is 10.1. The van der Waals surface area contributed by atoms with Crippen LogP contribution in [0.15, 0.2) is 18.2 Å². The van der Waals surface area contributed by atoms with Gasteiger partial charge in [0.05, 0.1) is 0 Å². The number of halogens is 1. The molecular weight excluding hydrogens is 246 g/mol. The third kappa shape index (κ3) is 4.28. The van der Waals surface area contributed by atoms with E-state index in [1.54, 1.807) is 25.2 Å². The lowest BCUT2D eigenvalue weighted by Crippen LogP contribution is -2.13. The van der Waals surface area contributed by atoms with Crippen molar-refractivity contribution in [3.8, 4) is 0 Å². The molecule has 0 saturated carbocycles. The number of nitrogens with two attached hydrogens (primary N) is 1. The molecular formula is C10H14ClN3O3. The predicted molar refractivity (Wildman–Crippen MR) is 67.3 cm³/mol. The summed E-state index contributed by atoms with van der Waals surface area (Å²) in [5.41, 5.74) is 6.98. The molecule has 0 aliphatic rings. The minimum absolute atomic E-state index is 0. The maximum Gasteiger partial charge on any atom is 0.248 e. The quantitative estimate of drug-likeness (QED) is 0.610. The largest absolute Gasteiger partial charge is 0.388 e. The summed E-state index contributed by atoms with van der Waals surface area (Å²) >= 11 is 0. The Kier molecular flexibility index (Phi) is 5.98. The maximum atomic E-state index is 11.0. The second-order valence-corrected chi connectivity index (χ2v) is 3.29. The number of nitrogens with zero attached hydrogens (tertiary/aromatic N) is 1. The average Bonchev–Trinajstić information content (AvgIpc) is 2.25. The summed E-state index contributed by atoms with van der Waals surface area (Å²) in [6.45, 7) is -0.170. The van der Waals surface area contributed by atoms with Gasteiger partial charge in [-0.15, -0.1) is 12.4 Å². The van der Waals surface area contributed by atoms with Gasteiger partial charge in [-0.3, -0.25) is 14.9 Å². The first-order valence-corrected chi connectivity index (χ1v) is 4.77. The summed E-state index contributed by atoms with van der Waals surface area (Å²) in [6.07, 6.45) is 0.268. The molecule has 1 rings (SSSR count). The Morgan fingerprint density at radius 1 is 1.53 bits per heavy atom. The Bertz CT molecular complexity index is 423. The maximum absolute atomic E-state index is 11.0. The van der Waals surface area contributed by atoms with Gasteiger partial charge in [-0.1, -0.05) is 0 Å². The van der Waals surface area contributed by atoms with Crippen LogP contribution in [0.25, 0.3) is 0 Å². The van der Waals surface area contributed by atoms with Crippen molar-refractivity contribution in [1.82, 2.24) is 0 Å². The highest BCUT2D eigenvalue weighted by Gasteiger charge is 2.08. The van der Waals surface area contributed by atoms with E-state index in [0.717, 1.165) is 11.3 Å². The van der Waals surface area contributed by atoms with Crippen molar-refractivity contribution in [2.24, 2.45) is 5.73 Å². The highest BCUT2D eigenvalue weighted by Crippen LogP contribution is 2.17. The summed E-state index contributed by atoms with van der Waals surface area (Å²) in [6, 6.07) is 4.86. The lowest BCUT2D eigenvalue weighted by molar-refractivity contribution is -0.479. The van der Waals surface area contributed by atoms with Crippen molar-refractivity contribution in [1.29, 1.82) is 0 Å². The molecule has 0 saturated heterocycles. The van der Waals surface area contributed by atoms with E-state index in [0.29, 0.717) is 5.56 Å². The molecule has 0 spiro atoms. The predicted octanol–water partition coefficient (Wildman–Crippen LogP) is 1.07. The molecule has 0 bridgehead atoms. The summed E-state index contributed by atoms with van der Waals surface area (Å²) in [5, 5.41) is 13.2. The fraction of sp³-hybridized carbons (Fsp3) is 0.300. The number of carbonyl (C=O) groups is 1. The molecule has 0 aliphatic carbocycles. The van der Waals surface area contributed by atoms with E-state index < -0.39 is 10.8 Å². The summed E-state index contributed by atoms with van der Waals surface area (Å²) in [4.78, 5) is 20.9. The minimum atomic E-state index is -0.537. The smallest absolute Gasteiger partial charge is 0.248 e. The van der Waals surface area contributed by atoms with Gasteiger partial charge in [-0.2, -0.15) is 0 Å². The SMILES string of the molecule is CNc1ccc(C(N)=O)cc1CC[N+](=O)[O-].Cl. The van der Waals surface area contributed by atoms with Crippen molar-refractivity contribution >= 4 is 24.0 Å². The topological polar surface area (TPSA) is 98.3 Å². The molecule has 6 nitrogen and oxygen atoms in total. The molecule has 0 fully saturated rings. The first-order chi connectivity index (χ1) is 7.54. The van der Waals surface area contributed by atoms with Crippen molar-refractivity contribution in [3.05, 3.63) is 39.4 Å². The van der Waals surface area contributed by atoms with Crippen LogP contribution in [0.5, 0.6) is 0 Å². The first-order valence-electron chi connectivity index (χ1n) is 4.77. The number of primary amides is 1. The summed E-state index contributed by atoms with van der Waals surface area (Å²) in [5.74, 6) is -0.537. The van der Waals surface area contributed by atoms with Crippen LogP contribution in [0.2, 0.25) is 0 Å². The molecule has 1 aromatic rings. The normalized spacial score (nSPS) is 9.24. The van der Waals surface area contributed by atoms with Gasteiger partial charge in [0.15, 0.2) is 0 Å². The fourth-order valence-electron chi connectivity index (χ4n) is 1.41. The zero-order chi connectivity index (χ0) is 12.1. The Hall–Kier alpha value is -1.82. The third-order valence-corrected chi connectivity index (χ3v) is 2.22. The van der Waals surface area contributed by atoms with E-state index in [4.69, 9.17) is 5.73 Å². The molecule has 0 unspecified atom stereocenters. The monoisotopic (exact) mass is 259 g/mol. The first kappa shape index (κ1) is 15.2. The Morgan fingerprint density at radius 3 is 2.65 bits per heavy atom. The van der Waals surface area contributed by atoms with E-state index in [1.165, 1.54) is 0 Å². The fourth-order valence-corrected chi connectivity index (χ4v) is 1.41. The van der Waals surface area contributed by atoms with Crippen molar-refractivity contribution in [2.75, 3.05) is 18.9 Å². The second kappa shape index (κ2) is 6.70. The van der Waals surface area contributed by atoms with Crippen molar-refractivity contribution < 1.29 is 9.72 Å². The number of carbonyl (C=O) groups excluding carboxylic acids is 1. The van der Waals surface area contributed by atoms with Gasteiger partial charge < -0.3 is 11.1 Å². The number of hydrogen-bond acceptors (Lipinski definition) is 4. The number of rotatable bonds is 5. The minimum Gasteiger partial charge on any atom is -0.388 e. The molecule has 0 aliphatic heterocycles. The Balaban J connectivity index is 0.00000256. The zero-order valence-electron chi connectivity index (χ0n) is 9.30. The van der Waals surface area contributed by atoms with Crippen LogP contribution in [-0.4, -0.2) is 24.4 Å². The number of anilines is 1. The number of hydrogen-bond donors (Lipinski definition) is 2. The van der Waals surface area contributed by atoms with E-state index >= 15 is 0 Å². The standard InChI is InChI=1S/C10H13N3O3.ClH/c1-12-9-3-2-8(10(11)14)6-7(9)4-5-13(15)16;/h2-3,6,12H,4-5H2,1H3,(H2,11,14);1H. The van der Waals surface area contributed by atoms with Crippen LogP contribution in [0.3, 0.4) is 0 Å². The second-order valence-electron chi connectivity index (χ2n) is 3.29. The van der Waals surface area contributed by atoms with Gasteiger partial charge in [0.1, 0.15) is 0 Å². The molecule has 0 aromatic heterocycles. The van der Waals surface area contributed by atoms with Crippen molar-refractivity contribution in [2.45, 2.75) is 6.42 Å². The number of amides is 1. The molecule has 94 valence electrons. The van der Waals surface area contributed by atoms with Gasteiger partial charge in [-0.25, -0.2) is 0 Å². The van der Waals surface area contributed by atoms with Gasteiger partial charge in [0.2, 0.25) is 12.5 Å². The Morgan fingerprint density at radius 2 is 2.18 bits per heavy atom. The number of nitro groups is 1. The van der Waals surface area contributed by atoms with Gasteiger partial charge in [-0.05, 0) is 23.8 Å². The number of benzene rings is 1. The third-order valence-electron chi connectivity index (χ3n) is 2.22.